The average Bonchev–Trinajstić information content (AvgIpc) is 3.18. The topological polar surface area (TPSA) is 43.0 Å². The first-order chi connectivity index (χ1) is 10.3. The minimum Gasteiger partial charge on any atom is -0.464 e. The van der Waals surface area contributed by atoms with Crippen molar-refractivity contribution in [3.05, 3.63) is 71.9 Å². The lowest BCUT2D eigenvalue weighted by atomic mass is 10.2. The summed E-state index contributed by atoms with van der Waals surface area (Å²) in [7, 11) is 0. The summed E-state index contributed by atoms with van der Waals surface area (Å²) in [6.07, 6.45) is 4.69. The number of rotatable bonds is 6. The molecule has 0 bridgehead atoms. The normalized spacial score (nSPS) is 10.7. The Morgan fingerprint density at radius 2 is 1.90 bits per heavy atom. The van der Waals surface area contributed by atoms with E-state index >= 15 is 0 Å². The van der Waals surface area contributed by atoms with Crippen LogP contribution in [-0.2, 0) is 19.5 Å². The van der Waals surface area contributed by atoms with Crippen LogP contribution in [0.1, 0.15) is 24.0 Å². The lowest BCUT2D eigenvalue weighted by molar-refractivity contribution is 0.476. The first kappa shape index (κ1) is 13.5. The lowest BCUT2D eigenvalue weighted by Crippen LogP contribution is -2.01. The molecule has 3 rings (SSSR count). The largest absolute Gasteiger partial charge is 0.464 e. The molecule has 0 spiro atoms. The van der Waals surface area contributed by atoms with Gasteiger partial charge in [-0.1, -0.05) is 19.1 Å². The van der Waals surface area contributed by atoms with Gasteiger partial charge in [-0.15, -0.1) is 0 Å². The molecule has 2 heterocycles. The SMILES string of the molecule is CCc1ccc(CNc2ccc(Cn3cccn3)cc2)o1. The van der Waals surface area contributed by atoms with Gasteiger partial charge in [-0.3, -0.25) is 4.68 Å². The quantitative estimate of drug-likeness (QED) is 0.749. The Balaban J connectivity index is 1.56. The zero-order valence-corrected chi connectivity index (χ0v) is 12.1. The second-order valence-electron chi connectivity index (χ2n) is 4.98. The van der Waals surface area contributed by atoms with Crippen LogP contribution in [0.15, 0.2) is 59.3 Å². The van der Waals surface area contributed by atoms with Crippen LogP contribution >= 0.6 is 0 Å². The fourth-order valence-corrected chi connectivity index (χ4v) is 2.21. The fraction of sp³-hybridized carbons (Fsp3) is 0.235. The Morgan fingerprint density at radius 3 is 2.57 bits per heavy atom. The fourth-order valence-electron chi connectivity index (χ4n) is 2.21. The van der Waals surface area contributed by atoms with Gasteiger partial charge in [-0.25, -0.2) is 0 Å². The average molecular weight is 281 g/mol. The standard InChI is InChI=1S/C17H19N3O/c1-2-16-8-9-17(21-16)12-18-15-6-4-14(5-7-15)13-20-11-3-10-19-20/h3-11,18H,2,12-13H2,1H3. The molecule has 4 heteroatoms. The molecule has 1 aromatic carbocycles. The molecule has 3 aromatic rings. The first-order valence-electron chi connectivity index (χ1n) is 7.21. The van der Waals surface area contributed by atoms with E-state index in [1.807, 2.05) is 29.1 Å². The molecule has 4 nitrogen and oxygen atoms in total. The summed E-state index contributed by atoms with van der Waals surface area (Å²) in [4.78, 5) is 0. The maximum atomic E-state index is 5.67. The van der Waals surface area contributed by atoms with Gasteiger partial charge < -0.3 is 9.73 Å². The van der Waals surface area contributed by atoms with Crippen molar-refractivity contribution < 1.29 is 4.42 Å². The smallest absolute Gasteiger partial charge is 0.123 e. The number of furan rings is 1. The molecule has 0 aliphatic rings. The Kier molecular flexibility index (Phi) is 4.05. The Labute approximate surface area is 124 Å². The van der Waals surface area contributed by atoms with Crippen LogP contribution in [-0.4, -0.2) is 9.78 Å². The van der Waals surface area contributed by atoms with Crippen LogP contribution in [0.25, 0.3) is 0 Å². The molecule has 0 aliphatic heterocycles. The van der Waals surface area contributed by atoms with Crippen molar-refractivity contribution in [1.82, 2.24) is 9.78 Å². The molecule has 0 saturated heterocycles. The molecular formula is C17H19N3O. The highest BCUT2D eigenvalue weighted by Gasteiger charge is 2.01. The third kappa shape index (κ3) is 3.54. The lowest BCUT2D eigenvalue weighted by Gasteiger charge is -2.06. The van der Waals surface area contributed by atoms with E-state index in [1.54, 1.807) is 6.20 Å². The number of aryl methyl sites for hydroxylation is 1. The van der Waals surface area contributed by atoms with Crippen molar-refractivity contribution in [2.75, 3.05) is 5.32 Å². The van der Waals surface area contributed by atoms with Crippen molar-refractivity contribution in [2.24, 2.45) is 0 Å². The van der Waals surface area contributed by atoms with Crippen LogP contribution in [0.4, 0.5) is 5.69 Å². The van der Waals surface area contributed by atoms with E-state index in [-0.39, 0.29) is 0 Å². The summed E-state index contributed by atoms with van der Waals surface area (Å²) in [5.41, 5.74) is 2.32. The zero-order chi connectivity index (χ0) is 14.5. The van der Waals surface area contributed by atoms with Gasteiger partial charge in [0.2, 0.25) is 0 Å². The van der Waals surface area contributed by atoms with Crippen molar-refractivity contribution in [3.8, 4) is 0 Å². The second-order valence-corrected chi connectivity index (χ2v) is 4.98. The predicted octanol–water partition coefficient (Wildman–Crippen LogP) is 3.70. The molecule has 2 aromatic heterocycles. The third-order valence-corrected chi connectivity index (χ3v) is 3.39. The number of nitrogens with one attached hydrogen (secondary N) is 1. The van der Waals surface area contributed by atoms with E-state index in [2.05, 4.69) is 41.6 Å². The number of nitrogens with zero attached hydrogens (tertiary/aromatic N) is 2. The highest BCUT2D eigenvalue weighted by atomic mass is 16.3. The number of hydrogen-bond acceptors (Lipinski definition) is 3. The van der Waals surface area contributed by atoms with Gasteiger partial charge in [-0.05, 0) is 35.9 Å². The Bertz CT molecular complexity index is 668. The third-order valence-electron chi connectivity index (χ3n) is 3.39. The van der Waals surface area contributed by atoms with Crippen LogP contribution in [0.3, 0.4) is 0 Å². The maximum absolute atomic E-state index is 5.67. The first-order valence-corrected chi connectivity index (χ1v) is 7.21. The van der Waals surface area contributed by atoms with Crippen molar-refractivity contribution >= 4 is 5.69 Å². The van der Waals surface area contributed by atoms with Crippen LogP contribution in [0, 0.1) is 0 Å². The molecule has 0 radical (unpaired) electrons. The molecular weight excluding hydrogens is 262 g/mol. The second kappa shape index (κ2) is 6.31. The summed E-state index contributed by atoms with van der Waals surface area (Å²) < 4.78 is 7.59. The van der Waals surface area contributed by atoms with E-state index in [0.717, 1.165) is 30.2 Å². The summed E-state index contributed by atoms with van der Waals surface area (Å²) >= 11 is 0. The monoisotopic (exact) mass is 281 g/mol. The molecule has 0 amide bonds. The van der Waals surface area contributed by atoms with Crippen molar-refractivity contribution in [3.63, 3.8) is 0 Å². The van der Waals surface area contributed by atoms with Gasteiger partial charge in [0.05, 0.1) is 13.1 Å². The van der Waals surface area contributed by atoms with Gasteiger partial charge in [0.25, 0.3) is 0 Å². The van der Waals surface area contributed by atoms with Gasteiger partial charge >= 0.3 is 0 Å². The van der Waals surface area contributed by atoms with E-state index in [0.29, 0.717) is 6.54 Å². The predicted molar refractivity (Wildman–Crippen MR) is 83.2 cm³/mol. The molecule has 0 aliphatic carbocycles. The Hall–Kier alpha value is -2.49. The molecule has 0 atom stereocenters. The van der Waals surface area contributed by atoms with Gasteiger partial charge in [0.1, 0.15) is 11.5 Å². The van der Waals surface area contributed by atoms with Gasteiger partial charge in [-0.2, -0.15) is 5.10 Å². The summed E-state index contributed by atoms with van der Waals surface area (Å²) in [5, 5.41) is 7.58. The highest BCUT2D eigenvalue weighted by molar-refractivity contribution is 5.44. The number of benzene rings is 1. The zero-order valence-electron chi connectivity index (χ0n) is 12.1. The van der Waals surface area contributed by atoms with Crippen LogP contribution < -0.4 is 5.32 Å². The summed E-state index contributed by atoms with van der Waals surface area (Å²) in [6.45, 7) is 3.60. The van der Waals surface area contributed by atoms with Crippen molar-refractivity contribution in [1.29, 1.82) is 0 Å². The highest BCUT2D eigenvalue weighted by Crippen LogP contribution is 2.14. The van der Waals surface area contributed by atoms with E-state index in [4.69, 9.17) is 4.42 Å². The van der Waals surface area contributed by atoms with Gasteiger partial charge in [0, 0.05) is 24.5 Å². The van der Waals surface area contributed by atoms with Crippen molar-refractivity contribution in [2.45, 2.75) is 26.4 Å². The van der Waals surface area contributed by atoms with E-state index in [1.165, 1.54) is 5.56 Å². The molecule has 0 fully saturated rings. The maximum Gasteiger partial charge on any atom is 0.123 e. The van der Waals surface area contributed by atoms with E-state index in [9.17, 15) is 0 Å². The number of aromatic nitrogens is 2. The minimum absolute atomic E-state index is 0.707. The van der Waals surface area contributed by atoms with E-state index < -0.39 is 0 Å². The number of hydrogen-bond donors (Lipinski definition) is 1. The van der Waals surface area contributed by atoms with Gasteiger partial charge in [0.15, 0.2) is 0 Å². The minimum atomic E-state index is 0.707. The van der Waals surface area contributed by atoms with Crippen LogP contribution in [0.5, 0.6) is 0 Å². The summed E-state index contributed by atoms with van der Waals surface area (Å²) in [5.74, 6) is 1.99. The molecule has 0 unspecified atom stereocenters. The molecule has 108 valence electrons. The summed E-state index contributed by atoms with van der Waals surface area (Å²) in [6, 6.07) is 14.4. The van der Waals surface area contributed by atoms with Crippen LogP contribution in [0.2, 0.25) is 0 Å². The Morgan fingerprint density at radius 1 is 1.10 bits per heavy atom. The molecule has 0 saturated carbocycles. The molecule has 21 heavy (non-hydrogen) atoms. The number of anilines is 1. The molecule has 1 N–H and O–H groups in total.